The molecule has 33 heavy (non-hydrogen) atoms. The Kier molecular flexibility index (Phi) is 5.29. The monoisotopic (exact) mass is 449 g/mol. The third-order valence-corrected chi connectivity index (χ3v) is 6.01. The molecule has 1 amide bonds. The molecule has 5 rings (SSSR count). The van der Waals surface area contributed by atoms with Crippen LogP contribution in [0.25, 0.3) is 16.6 Å². The smallest absolute Gasteiger partial charge is 0.274 e. The van der Waals surface area contributed by atoms with Crippen molar-refractivity contribution in [1.82, 2.24) is 29.8 Å². The quantitative estimate of drug-likeness (QED) is 0.460. The third-order valence-electron chi connectivity index (χ3n) is 6.01. The second-order valence-electron chi connectivity index (χ2n) is 8.24. The highest BCUT2D eigenvalue weighted by Crippen LogP contribution is 2.21. The number of carbonyl (C=O) groups excluding carboxylic acids is 1. The zero-order valence-electron chi connectivity index (χ0n) is 18.4. The van der Waals surface area contributed by atoms with E-state index in [0.717, 1.165) is 41.9 Å². The van der Waals surface area contributed by atoms with Gasteiger partial charge in [-0.15, -0.1) is 0 Å². The number of H-pyrrole nitrogens is 1. The number of carbonyl (C=O) groups is 1. The molecule has 10 heteroatoms. The molecule has 0 saturated carbocycles. The zero-order chi connectivity index (χ0) is 23.1. The van der Waals surface area contributed by atoms with Crippen molar-refractivity contribution in [3.05, 3.63) is 69.7 Å². The highest BCUT2D eigenvalue weighted by molar-refractivity contribution is 5.92. The first-order valence-corrected chi connectivity index (χ1v) is 10.8. The van der Waals surface area contributed by atoms with Gasteiger partial charge in [0.25, 0.3) is 11.5 Å². The molecule has 1 aromatic carbocycles. The SMILES string of the molecule is CNC(=O)c1ccc(N2CCN(Cc3ccc4c(c3)[nH]c(=O)c3cc(C)nn34)CC2)c(F)n1. The van der Waals surface area contributed by atoms with Crippen molar-refractivity contribution < 1.29 is 9.18 Å². The molecule has 1 fully saturated rings. The Bertz CT molecular complexity index is 1420. The van der Waals surface area contributed by atoms with Gasteiger partial charge in [-0.2, -0.15) is 9.49 Å². The molecule has 9 nitrogen and oxygen atoms in total. The summed E-state index contributed by atoms with van der Waals surface area (Å²) in [7, 11) is 1.49. The average Bonchev–Trinajstić information content (AvgIpc) is 3.21. The maximum atomic E-state index is 14.5. The Labute approximate surface area is 188 Å². The number of hydrogen-bond acceptors (Lipinski definition) is 6. The van der Waals surface area contributed by atoms with Gasteiger partial charge in [-0.25, -0.2) is 9.50 Å². The molecule has 1 aliphatic heterocycles. The molecule has 0 aliphatic carbocycles. The fraction of sp³-hybridized carbons (Fsp3) is 0.304. The van der Waals surface area contributed by atoms with Crippen LogP contribution in [0.15, 0.2) is 41.2 Å². The molecule has 170 valence electrons. The van der Waals surface area contributed by atoms with Crippen molar-refractivity contribution in [2.75, 3.05) is 38.1 Å². The Morgan fingerprint density at radius 3 is 2.64 bits per heavy atom. The third kappa shape index (κ3) is 3.93. The largest absolute Gasteiger partial charge is 0.365 e. The van der Waals surface area contributed by atoms with Crippen molar-refractivity contribution in [3.63, 3.8) is 0 Å². The van der Waals surface area contributed by atoms with Gasteiger partial charge in [-0.1, -0.05) is 6.07 Å². The molecule has 0 radical (unpaired) electrons. The second-order valence-corrected chi connectivity index (χ2v) is 8.24. The van der Waals surface area contributed by atoms with Crippen molar-refractivity contribution in [2.24, 2.45) is 0 Å². The first-order valence-electron chi connectivity index (χ1n) is 10.8. The van der Waals surface area contributed by atoms with Crippen LogP contribution in [0.3, 0.4) is 0 Å². The molecule has 2 N–H and O–H groups in total. The summed E-state index contributed by atoms with van der Waals surface area (Å²) in [6.07, 6.45) is 0. The van der Waals surface area contributed by atoms with Crippen molar-refractivity contribution in [3.8, 4) is 0 Å². The van der Waals surface area contributed by atoms with E-state index < -0.39 is 11.9 Å². The van der Waals surface area contributed by atoms with E-state index in [0.29, 0.717) is 24.3 Å². The number of aryl methyl sites for hydroxylation is 1. The van der Waals surface area contributed by atoms with Gasteiger partial charge in [0.15, 0.2) is 0 Å². The molecule has 0 bridgehead atoms. The number of piperazine rings is 1. The van der Waals surface area contributed by atoms with Crippen LogP contribution < -0.4 is 15.8 Å². The number of nitrogens with zero attached hydrogens (tertiary/aromatic N) is 5. The highest BCUT2D eigenvalue weighted by atomic mass is 19.1. The highest BCUT2D eigenvalue weighted by Gasteiger charge is 2.21. The summed E-state index contributed by atoms with van der Waals surface area (Å²) >= 11 is 0. The van der Waals surface area contributed by atoms with E-state index in [4.69, 9.17) is 0 Å². The number of halogens is 1. The molecule has 1 aliphatic rings. The lowest BCUT2D eigenvalue weighted by atomic mass is 10.1. The summed E-state index contributed by atoms with van der Waals surface area (Å²) in [5.41, 5.74) is 4.33. The fourth-order valence-corrected chi connectivity index (χ4v) is 4.32. The summed E-state index contributed by atoms with van der Waals surface area (Å²) in [6.45, 7) is 5.39. The van der Waals surface area contributed by atoms with Crippen LogP contribution in [0, 0.1) is 12.9 Å². The molecule has 0 atom stereocenters. The average molecular weight is 449 g/mol. The summed E-state index contributed by atoms with van der Waals surface area (Å²) in [6, 6.07) is 10.9. The van der Waals surface area contributed by atoms with E-state index in [1.807, 2.05) is 30.0 Å². The second kappa shape index (κ2) is 8.28. The molecule has 1 saturated heterocycles. The van der Waals surface area contributed by atoms with Gasteiger partial charge in [0.1, 0.15) is 11.2 Å². The van der Waals surface area contributed by atoms with Crippen LogP contribution in [0.2, 0.25) is 0 Å². The number of pyridine rings is 1. The van der Waals surface area contributed by atoms with E-state index in [2.05, 4.69) is 25.3 Å². The lowest BCUT2D eigenvalue weighted by molar-refractivity contribution is 0.0957. The molecular weight excluding hydrogens is 425 g/mol. The van der Waals surface area contributed by atoms with Gasteiger partial charge in [-0.05, 0) is 42.8 Å². The standard InChI is InChI=1S/C23H24FN7O2/c1-14-11-20-23(33)27-17-12-15(3-5-18(17)31(20)28-14)13-29-7-9-30(10-8-29)19-6-4-16(22(32)25-2)26-21(19)24/h3-6,11-12H,7-10,13H2,1-2H3,(H,25,32)(H,27,33). The van der Waals surface area contributed by atoms with Crippen molar-refractivity contribution >= 4 is 28.1 Å². The predicted molar refractivity (Wildman–Crippen MR) is 123 cm³/mol. The van der Waals surface area contributed by atoms with Crippen LogP contribution in [-0.4, -0.2) is 63.6 Å². The number of anilines is 1. The van der Waals surface area contributed by atoms with Gasteiger partial charge < -0.3 is 15.2 Å². The van der Waals surface area contributed by atoms with Crippen molar-refractivity contribution in [1.29, 1.82) is 0 Å². The van der Waals surface area contributed by atoms with Gasteiger partial charge in [-0.3, -0.25) is 14.5 Å². The zero-order valence-corrected chi connectivity index (χ0v) is 18.4. The van der Waals surface area contributed by atoms with E-state index in [-0.39, 0.29) is 11.3 Å². The number of aromatic nitrogens is 4. The number of nitrogens with one attached hydrogen (secondary N) is 2. The Balaban J connectivity index is 1.29. The topological polar surface area (TPSA) is 98.6 Å². The van der Waals surface area contributed by atoms with Gasteiger partial charge in [0.2, 0.25) is 5.95 Å². The predicted octanol–water partition coefficient (Wildman–Crippen LogP) is 1.70. The Hall–Kier alpha value is -3.79. The number of benzene rings is 1. The fourth-order valence-electron chi connectivity index (χ4n) is 4.32. The molecule has 0 spiro atoms. The lowest BCUT2D eigenvalue weighted by Gasteiger charge is -2.36. The van der Waals surface area contributed by atoms with Gasteiger partial charge in [0.05, 0.1) is 22.4 Å². The Morgan fingerprint density at radius 2 is 1.91 bits per heavy atom. The van der Waals surface area contributed by atoms with E-state index in [1.165, 1.54) is 13.1 Å². The first-order chi connectivity index (χ1) is 15.9. The maximum absolute atomic E-state index is 14.5. The van der Waals surface area contributed by atoms with E-state index >= 15 is 0 Å². The summed E-state index contributed by atoms with van der Waals surface area (Å²) in [5, 5.41) is 6.88. The number of hydrogen-bond donors (Lipinski definition) is 2. The van der Waals surface area contributed by atoms with Crippen LogP contribution in [0.1, 0.15) is 21.7 Å². The van der Waals surface area contributed by atoms with Gasteiger partial charge >= 0.3 is 0 Å². The summed E-state index contributed by atoms with van der Waals surface area (Å²) < 4.78 is 16.2. The summed E-state index contributed by atoms with van der Waals surface area (Å²) in [4.78, 5) is 35.0. The van der Waals surface area contributed by atoms with E-state index in [1.54, 1.807) is 16.6 Å². The normalized spacial score (nSPS) is 14.8. The first kappa shape index (κ1) is 21.1. The number of amides is 1. The van der Waals surface area contributed by atoms with Crippen LogP contribution in [0.4, 0.5) is 10.1 Å². The van der Waals surface area contributed by atoms with Crippen LogP contribution >= 0.6 is 0 Å². The minimum Gasteiger partial charge on any atom is -0.365 e. The minimum atomic E-state index is -0.636. The molecule has 3 aromatic heterocycles. The number of fused-ring (bicyclic) bond motifs is 3. The van der Waals surface area contributed by atoms with Crippen LogP contribution in [0.5, 0.6) is 0 Å². The minimum absolute atomic E-state index is 0.0641. The maximum Gasteiger partial charge on any atom is 0.274 e. The number of aromatic amines is 1. The van der Waals surface area contributed by atoms with Crippen LogP contribution in [-0.2, 0) is 6.54 Å². The Morgan fingerprint density at radius 1 is 1.12 bits per heavy atom. The molecule has 0 unspecified atom stereocenters. The van der Waals surface area contributed by atoms with Crippen molar-refractivity contribution in [2.45, 2.75) is 13.5 Å². The summed E-state index contributed by atoms with van der Waals surface area (Å²) in [5.74, 6) is -1.05. The molecule has 4 heterocycles. The lowest BCUT2D eigenvalue weighted by Crippen LogP contribution is -2.46. The molecule has 4 aromatic rings. The number of rotatable bonds is 4. The van der Waals surface area contributed by atoms with Gasteiger partial charge in [0, 0.05) is 39.8 Å². The van der Waals surface area contributed by atoms with E-state index in [9.17, 15) is 14.0 Å². The molecular formula is C23H24FN7O2.